The van der Waals surface area contributed by atoms with E-state index >= 15 is 0 Å². The maximum atomic E-state index is 11.1. The zero-order valence-electron chi connectivity index (χ0n) is 10.3. The Morgan fingerprint density at radius 1 is 1.59 bits per heavy atom. The van der Waals surface area contributed by atoms with Crippen LogP contribution in [0, 0.1) is 17.0 Å². The van der Waals surface area contributed by atoms with Gasteiger partial charge in [0.15, 0.2) is 0 Å². The Kier molecular flexibility index (Phi) is 3.15. The fourth-order valence-electron chi connectivity index (χ4n) is 2.22. The fourth-order valence-corrected chi connectivity index (χ4v) is 2.22. The van der Waals surface area contributed by atoms with Gasteiger partial charge in [0.05, 0.1) is 17.6 Å². The molecule has 1 aliphatic heterocycles. The second-order valence-electron chi connectivity index (χ2n) is 4.69. The van der Waals surface area contributed by atoms with Crippen molar-refractivity contribution in [3.05, 3.63) is 21.5 Å². The average molecular weight is 239 g/mol. The van der Waals surface area contributed by atoms with Gasteiger partial charge < -0.3 is 4.74 Å². The highest BCUT2D eigenvalue weighted by atomic mass is 16.6. The first-order chi connectivity index (χ1) is 8.02. The van der Waals surface area contributed by atoms with Crippen LogP contribution in [-0.2, 0) is 4.74 Å². The molecule has 1 aromatic rings. The maximum Gasteiger partial charge on any atom is 0.313 e. The van der Waals surface area contributed by atoms with Gasteiger partial charge in [-0.15, -0.1) is 0 Å². The van der Waals surface area contributed by atoms with E-state index in [1.165, 1.54) is 0 Å². The van der Waals surface area contributed by atoms with Gasteiger partial charge in [-0.25, -0.2) is 0 Å². The molecule has 94 valence electrons. The van der Waals surface area contributed by atoms with Crippen LogP contribution in [0.5, 0.6) is 0 Å². The second kappa shape index (κ2) is 4.44. The molecule has 1 unspecified atom stereocenters. The quantitative estimate of drug-likeness (QED) is 0.598. The van der Waals surface area contributed by atoms with Crippen molar-refractivity contribution in [2.75, 3.05) is 13.2 Å². The monoisotopic (exact) mass is 239 g/mol. The number of hydrogen-bond acceptors (Lipinski definition) is 4. The number of nitro groups is 1. The van der Waals surface area contributed by atoms with Gasteiger partial charge in [0.25, 0.3) is 0 Å². The van der Waals surface area contributed by atoms with Crippen LogP contribution >= 0.6 is 0 Å². The van der Waals surface area contributed by atoms with Gasteiger partial charge in [-0.1, -0.05) is 13.8 Å². The number of nitrogens with zero attached hydrogens (tertiary/aromatic N) is 3. The predicted molar refractivity (Wildman–Crippen MR) is 62.2 cm³/mol. The highest BCUT2D eigenvalue weighted by molar-refractivity contribution is 5.42. The van der Waals surface area contributed by atoms with Crippen molar-refractivity contribution >= 4 is 5.69 Å². The third-order valence-corrected chi connectivity index (χ3v) is 3.13. The molecule has 1 fully saturated rings. The van der Waals surface area contributed by atoms with Crippen molar-refractivity contribution in [2.24, 2.45) is 0 Å². The summed E-state index contributed by atoms with van der Waals surface area (Å²) in [5, 5.41) is 15.5. The Labute approximate surface area is 99.7 Å². The zero-order chi connectivity index (χ0) is 12.6. The Bertz CT molecular complexity index is 433. The first kappa shape index (κ1) is 12.0. The molecule has 17 heavy (non-hydrogen) atoms. The van der Waals surface area contributed by atoms with E-state index in [1.54, 1.807) is 11.6 Å². The summed E-state index contributed by atoms with van der Waals surface area (Å²) in [4.78, 5) is 10.8. The summed E-state index contributed by atoms with van der Waals surface area (Å²) in [6.45, 7) is 6.90. The van der Waals surface area contributed by atoms with E-state index in [4.69, 9.17) is 4.74 Å². The number of hydrogen-bond donors (Lipinski definition) is 0. The molecule has 1 saturated heterocycles. The first-order valence-corrected chi connectivity index (χ1v) is 5.83. The van der Waals surface area contributed by atoms with E-state index in [0.717, 1.165) is 6.42 Å². The van der Waals surface area contributed by atoms with Crippen molar-refractivity contribution in [1.82, 2.24) is 9.78 Å². The average Bonchev–Trinajstić information content (AvgIpc) is 2.83. The highest BCUT2D eigenvalue weighted by Gasteiger charge is 2.30. The van der Waals surface area contributed by atoms with Crippen LogP contribution in [0.25, 0.3) is 0 Å². The number of rotatable bonds is 3. The third-order valence-electron chi connectivity index (χ3n) is 3.13. The molecule has 0 aliphatic carbocycles. The minimum atomic E-state index is -0.329. The van der Waals surface area contributed by atoms with E-state index < -0.39 is 0 Å². The van der Waals surface area contributed by atoms with Gasteiger partial charge in [-0.2, -0.15) is 5.10 Å². The lowest BCUT2D eigenvalue weighted by atomic mass is 10.1. The first-order valence-electron chi connectivity index (χ1n) is 5.83. The summed E-state index contributed by atoms with van der Waals surface area (Å²) in [5.41, 5.74) is 1.36. The van der Waals surface area contributed by atoms with Crippen molar-refractivity contribution in [2.45, 2.75) is 39.2 Å². The van der Waals surface area contributed by atoms with Crippen LogP contribution in [0.4, 0.5) is 5.69 Å². The van der Waals surface area contributed by atoms with Crippen LogP contribution in [0.3, 0.4) is 0 Å². The largest absolute Gasteiger partial charge is 0.379 e. The van der Waals surface area contributed by atoms with Gasteiger partial charge >= 0.3 is 5.69 Å². The highest BCUT2D eigenvalue weighted by Crippen LogP contribution is 2.32. The minimum Gasteiger partial charge on any atom is -0.379 e. The summed E-state index contributed by atoms with van der Waals surface area (Å²) in [5.74, 6) is 0.0534. The maximum absolute atomic E-state index is 11.1. The summed E-state index contributed by atoms with van der Waals surface area (Å²) in [6.07, 6.45) is 0.872. The normalized spacial score (nSPS) is 20.1. The standard InChI is InChI=1S/C11H17N3O3/c1-7(2)10-11(14(15)16)8(3)13(12-10)9-4-5-17-6-9/h7,9H,4-6H2,1-3H3. The third kappa shape index (κ3) is 2.04. The molecule has 6 heteroatoms. The van der Waals surface area contributed by atoms with E-state index in [2.05, 4.69) is 5.10 Å². The molecule has 0 bridgehead atoms. The molecular formula is C11H17N3O3. The zero-order valence-corrected chi connectivity index (χ0v) is 10.3. The smallest absolute Gasteiger partial charge is 0.313 e. The van der Waals surface area contributed by atoms with Crippen molar-refractivity contribution in [3.63, 3.8) is 0 Å². The Morgan fingerprint density at radius 2 is 2.29 bits per heavy atom. The molecular weight excluding hydrogens is 222 g/mol. The van der Waals surface area contributed by atoms with Crippen molar-refractivity contribution < 1.29 is 9.66 Å². The lowest BCUT2D eigenvalue weighted by Gasteiger charge is -2.09. The van der Waals surface area contributed by atoms with Crippen LogP contribution in [0.15, 0.2) is 0 Å². The van der Waals surface area contributed by atoms with E-state index in [-0.39, 0.29) is 22.6 Å². The number of aromatic nitrogens is 2. The summed E-state index contributed by atoms with van der Waals surface area (Å²) >= 11 is 0. The molecule has 0 radical (unpaired) electrons. The summed E-state index contributed by atoms with van der Waals surface area (Å²) in [6, 6.07) is 0.140. The molecule has 0 N–H and O–H groups in total. The van der Waals surface area contributed by atoms with Gasteiger partial charge in [-0.3, -0.25) is 14.8 Å². The van der Waals surface area contributed by atoms with Crippen LogP contribution in [0.1, 0.15) is 43.6 Å². The van der Waals surface area contributed by atoms with Gasteiger partial charge in [0, 0.05) is 12.5 Å². The summed E-state index contributed by atoms with van der Waals surface area (Å²) in [7, 11) is 0. The van der Waals surface area contributed by atoms with Crippen molar-refractivity contribution in [3.8, 4) is 0 Å². The van der Waals surface area contributed by atoms with E-state index in [0.29, 0.717) is 24.6 Å². The van der Waals surface area contributed by atoms with Crippen LogP contribution in [0.2, 0.25) is 0 Å². The molecule has 2 heterocycles. The fraction of sp³-hybridized carbons (Fsp3) is 0.727. The molecule has 0 amide bonds. The molecule has 1 atom stereocenters. The number of ether oxygens (including phenoxy) is 1. The topological polar surface area (TPSA) is 70.2 Å². The van der Waals surface area contributed by atoms with E-state index in [1.807, 2.05) is 13.8 Å². The van der Waals surface area contributed by atoms with E-state index in [9.17, 15) is 10.1 Å². The van der Waals surface area contributed by atoms with Gasteiger partial charge in [-0.05, 0) is 13.3 Å². The molecule has 1 aromatic heterocycles. The Hall–Kier alpha value is -1.43. The SMILES string of the molecule is Cc1c([N+](=O)[O-])c(C(C)C)nn1C1CCOC1. The molecule has 0 saturated carbocycles. The molecule has 0 aromatic carbocycles. The van der Waals surface area contributed by atoms with Crippen LogP contribution in [-0.4, -0.2) is 27.9 Å². The predicted octanol–water partition coefficient (Wildman–Crippen LogP) is 2.18. The van der Waals surface area contributed by atoms with Crippen LogP contribution < -0.4 is 0 Å². The molecule has 2 rings (SSSR count). The van der Waals surface area contributed by atoms with Gasteiger partial charge in [0.2, 0.25) is 0 Å². The Morgan fingerprint density at radius 3 is 2.71 bits per heavy atom. The molecule has 6 nitrogen and oxygen atoms in total. The van der Waals surface area contributed by atoms with Crippen molar-refractivity contribution in [1.29, 1.82) is 0 Å². The lowest BCUT2D eigenvalue weighted by Crippen LogP contribution is -2.12. The molecule has 0 spiro atoms. The summed E-state index contributed by atoms with van der Waals surface area (Å²) < 4.78 is 7.07. The van der Waals surface area contributed by atoms with Gasteiger partial charge in [0.1, 0.15) is 11.4 Å². The minimum absolute atomic E-state index is 0.0534. The Balaban J connectivity index is 2.47. The lowest BCUT2D eigenvalue weighted by molar-refractivity contribution is -0.386. The second-order valence-corrected chi connectivity index (χ2v) is 4.69. The molecule has 1 aliphatic rings.